The highest BCUT2D eigenvalue weighted by Gasteiger charge is 2.52. The van der Waals surface area contributed by atoms with Gasteiger partial charge in [-0.2, -0.15) is 0 Å². The predicted octanol–water partition coefficient (Wildman–Crippen LogP) is 2.03. The van der Waals surface area contributed by atoms with Crippen molar-refractivity contribution < 1.29 is 24.9 Å². The Morgan fingerprint density at radius 3 is 1.67 bits per heavy atom. The molecule has 6 heteroatoms. The fourth-order valence-electron chi connectivity index (χ4n) is 3.36. The molecule has 0 unspecified atom stereocenters. The molecule has 2 atom stereocenters. The van der Waals surface area contributed by atoms with Crippen LogP contribution in [0.4, 0.5) is 0 Å². The van der Waals surface area contributed by atoms with Crippen molar-refractivity contribution >= 4 is 11.9 Å². The van der Waals surface area contributed by atoms with Crippen LogP contribution < -0.4 is 0 Å². The fourth-order valence-corrected chi connectivity index (χ4v) is 3.36. The van der Waals surface area contributed by atoms with Gasteiger partial charge >= 0.3 is 5.97 Å². The topological polar surface area (TPSA) is 98.1 Å². The Morgan fingerprint density at radius 1 is 0.833 bits per heavy atom. The van der Waals surface area contributed by atoms with Crippen molar-refractivity contribution in [1.82, 2.24) is 4.90 Å². The molecule has 0 aromatic carbocycles. The smallest absolute Gasteiger partial charge is 0.303 e. The zero-order chi connectivity index (χ0) is 18.2. The molecule has 0 aromatic rings. The Bertz CT molecular complexity index is 410. The first kappa shape index (κ1) is 20.9. The summed E-state index contributed by atoms with van der Waals surface area (Å²) in [6.07, 6.45) is 6.23. The Hall–Kier alpha value is -1.14. The molecule has 1 aliphatic rings. The lowest BCUT2D eigenvalue weighted by Crippen LogP contribution is -2.41. The lowest BCUT2D eigenvalue weighted by atomic mass is 9.69. The maximum atomic E-state index is 12.4. The average Bonchev–Trinajstić information content (AvgIpc) is 2.82. The molecule has 0 radical (unpaired) electrons. The Balaban J connectivity index is 2.24. The molecule has 0 bridgehead atoms. The number of hydrogen-bond acceptors (Lipinski definition) is 4. The van der Waals surface area contributed by atoms with Crippen LogP contribution in [-0.2, 0) is 9.59 Å². The van der Waals surface area contributed by atoms with E-state index in [-0.39, 0.29) is 25.5 Å². The van der Waals surface area contributed by atoms with Crippen LogP contribution in [0.1, 0.15) is 65.2 Å². The van der Waals surface area contributed by atoms with Crippen molar-refractivity contribution in [3.63, 3.8) is 0 Å². The van der Waals surface area contributed by atoms with Crippen molar-refractivity contribution in [1.29, 1.82) is 0 Å². The van der Waals surface area contributed by atoms with Crippen LogP contribution in [-0.4, -0.2) is 58.4 Å². The van der Waals surface area contributed by atoms with E-state index in [0.717, 1.165) is 38.5 Å². The fraction of sp³-hybridized carbons (Fsp3) is 0.889. The number of nitrogens with zero attached hydrogens (tertiary/aromatic N) is 1. The van der Waals surface area contributed by atoms with Gasteiger partial charge in [-0.15, -0.1) is 0 Å². The zero-order valence-electron chi connectivity index (χ0n) is 15.1. The van der Waals surface area contributed by atoms with Crippen molar-refractivity contribution in [2.75, 3.05) is 26.3 Å². The summed E-state index contributed by atoms with van der Waals surface area (Å²) < 4.78 is 0. The van der Waals surface area contributed by atoms with Gasteiger partial charge in [0, 0.05) is 36.8 Å². The second-order valence-electron chi connectivity index (χ2n) is 7.70. The number of likely N-dealkylation sites (tertiary alicyclic amines) is 1. The van der Waals surface area contributed by atoms with Crippen molar-refractivity contribution in [2.45, 2.75) is 65.2 Å². The molecule has 0 saturated carbocycles. The number of carboxylic acid groups (broad SMARTS) is 1. The molecule has 1 saturated heterocycles. The summed E-state index contributed by atoms with van der Waals surface area (Å²) in [4.78, 5) is 24.5. The van der Waals surface area contributed by atoms with E-state index in [1.807, 2.05) is 13.8 Å². The van der Waals surface area contributed by atoms with Gasteiger partial charge in [-0.25, -0.2) is 0 Å². The highest BCUT2D eigenvalue weighted by Crippen LogP contribution is 2.45. The number of carbonyl (C=O) groups is 2. The quantitative estimate of drug-likeness (QED) is 0.499. The first-order valence-electron chi connectivity index (χ1n) is 8.99. The zero-order valence-corrected chi connectivity index (χ0v) is 15.1. The minimum atomic E-state index is -0.740. The first-order chi connectivity index (χ1) is 11.3. The molecule has 1 fully saturated rings. The SMILES string of the molecule is C[C@]1(CO)CN(C(=O)CCCCCCCCC(=O)O)C[C@@]1(C)CO. The highest BCUT2D eigenvalue weighted by molar-refractivity contribution is 5.76. The second kappa shape index (κ2) is 9.37. The first-order valence-corrected chi connectivity index (χ1v) is 8.99. The third-order valence-corrected chi connectivity index (χ3v) is 5.62. The Labute approximate surface area is 144 Å². The lowest BCUT2D eigenvalue weighted by Gasteiger charge is -2.36. The summed E-state index contributed by atoms with van der Waals surface area (Å²) >= 11 is 0. The summed E-state index contributed by atoms with van der Waals surface area (Å²) in [5.74, 6) is -0.645. The van der Waals surface area contributed by atoms with E-state index in [2.05, 4.69) is 0 Å². The lowest BCUT2D eigenvalue weighted by molar-refractivity contribution is -0.137. The van der Waals surface area contributed by atoms with Crippen LogP contribution in [0.25, 0.3) is 0 Å². The molecule has 1 rings (SSSR count). The molecule has 3 N–H and O–H groups in total. The number of aliphatic hydroxyl groups is 2. The van der Waals surface area contributed by atoms with Crippen LogP contribution in [0.5, 0.6) is 0 Å². The Kier molecular flexibility index (Phi) is 8.16. The summed E-state index contributed by atoms with van der Waals surface area (Å²) in [6, 6.07) is 0. The monoisotopic (exact) mass is 343 g/mol. The summed E-state index contributed by atoms with van der Waals surface area (Å²) in [7, 11) is 0. The number of hydrogen-bond donors (Lipinski definition) is 3. The summed E-state index contributed by atoms with van der Waals surface area (Å²) in [5.41, 5.74) is -0.914. The van der Waals surface area contributed by atoms with Crippen molar-refractivity contribution in [3.8, 4) is 0 Å². The van der Waals surface area contributed by atoms with E-state index in [9.17, 15) is 19.8 Å². The number of unbranched alkanes of at least 4 members (excludes halogenated alkanes) is 5. The molecule has 140 valence electrons. The van der Waals surface area contributed by atoms with E-state index in [0.29, 0.717) is 19.5 Å². The van der Waals surface area contributed by atoms with Gasteiger partial charge in [0.15, 0.2) is 0 Å². The van der Waals surface area contributed by atoms with Gasteiger partial charge in [-0.05, 0) is 12.8 Å². The molecule has 1 aliphatic heterocycles. The number of aliphatic carboxylic acids is 1. The predicted molar refractivity (Wildman–Crippen MR) is 91.5 cm³/mol. The van der Waals surface area contributed by atoms with E-state index < -0.39 is 16.8 Å². The molecular formula is C18H33NO5. The van der Waals surface area contributed by atoms with Gasteiger partial charge in [0.1, 0.15) is 0 Å². The van der Waals surface area contributed by atoms with Gasteiger partial charge in [0.25, 0.3) is 0 Å². The molecule has 1 amide bonds. The molecule has 1 heterocycles. The minimum absolute atomic E-state index is 0.0375. The number of carboxylic acids is 1. The van der Waals surface area contributed by atoms with E-state index in [1.165, 1.54) is 0 Å². The average molecular weight is 343 g/mol. The molecule has 24 heavy (non-hydrogen) atoms. The molecule has 0 aromatic heterocycles. The molecule has 6 nitrogen and oxygen atoms in total. The summed E-state index contributed by atoms with van der Waals surface area (Å²) in [5, 5.41) is 27.9. The second-order valence-corrected chi connectivity index (χ2v) is 7.70. The standard InChI is InChI=1S/C18H33NO5/c1-17(13-20)11-19(12-18(17,2)14-21)15(22)9-7-5-3-4-6-8-10-16(23)24/h20-21H,3-14H2,1-2H3,(H,23,24)/t17-,18+. The van der Waals surface area contributed by atoms with E-state index in [4.69, 9.17) is 5.11 Å². The third kappa shape index (κ3) is 5.45. The van der Waals surface area contributed by atoms with Gasteiger partial charge in [-0.3, -0.25) is 9.59 Å². The molecular weight excluding hydrogens is 310 g/mol. The highest BCUT2D eigenvalue weighted by atomic mass is 16.4. The number of rotatable bonds is 11. The van der Waals surface area contributed by atoms with Crippen molar-refractivity contribution in [2.24, 2.45) is 10.8 Å². The van der Waals surface area contributed by atoms with Crippen LogP contribution >= 0.6 is 0 Å². The van der Waals surface area contributed by atoms with E-state index in [1.54, 1.807) is 4.90 Å². The largest absolute Gasteiger partial charge is 0.481 e. The van der Waals surface area contributed by atoms with Gasteiger partial charge in [-0.1, -0.05) is 39.5 Å². The van der Waals surface area contributed by atoms with Crippen LogP contribution in [0.15, 0.2) is 0 Å². The maximum Gasteiger partial charge on any atom is 0.303 e. The van der Waals surface area contributed by atoms with Gasteiger partial charge in [0.05, 0.1) is 13.2 Å². The van der Waals surface area contributed by atoms with Crippen LogP contribution in [0.3, 0.4) is 0 Å². The van der Waals surface area contributed by atoms with Gasteiger partial charge in [0.2, 0.25) is 5.91 Å². The van der Waals surface area contributed by atoms with Crippen LogP contribution in [0, 0.1) is 10.8 Å². The summed E-state index contributed by atoms with van der Waals surface area (Å²) in [6.45, 7) is 4.76. The number of amides is 1. The molecule has 0 aliphatic carbocycles. The minimum Gasteiger partial charge on any atom is -0.481 e. The molecule has 0 spiro atoms. The Morgan fingerprint density at radius 2 is 1.25 bits per heavy atom. The number of carbonyl (C=O) groups excluding carboxylic acids is 1. The van der Waals surface area contributed by atoms with Crippen molar-refractivity contribution in [3.05, 3.63) is 0 Å². The normalized spacial score (nSPS) is 26.8. The number of aliphatic hydroxyl groups excluding tert-OH is 2. The third-order valence-electron chi connectivity index (χ3n) is 5.62. The van der Waals surface area contributed by atoms with Gasteiger partial charge < -0.3 is 20.2 Å². The van der Waals surface area contributed by atoms with Crippen LogP contribution in [0.2, 0.25) is 0 Å². The maximum absolute atomic E-state index is 12.4. The van der Waals surface area contributed by atoms with E-state index >= 15 is 0 Å².